The van der Waals surface area contributed by atoms with Crippen molar-refractivity contribution >= 4 is 12.2 Å². The van der Waals surface area contributed by atoms with Gasteiger partial charge in [-0.2, -0.15) is 0 Å². The molecule has 2 N–H and O–H groups in total. The Hall–Kier alpha value is -1.60. The predicted molar refractivity (Wildman–Crippen MR) is 93.8 cm³/mol. The van der Waals surface area contributed by atoms with E-state index in [4.69, 9.17) is 12.2 Å². The second-order valence-electron chi connectivity index (χ2n) is 6.84. The molecule has 3 rings (SSSR count). The molecule has 1 aromatic carbocycles. The average Bonchev–Trinajstić information content (AvgIpc) is 3.09. The highest BCUT2D eigenvalue weighted by Crippen LogP contribution is 2.35. The smallest absolute Gasteiger partial charge is 0.177 e. The fourth-order valence-electron chi connectivity index (χ4n) is 3.47. The number of imidazole rings is 1. The highest BCUT2D eigenvalue weighted by Gasteiger charge is 2.31. The fraction of sp³-hybridized carbons (Fsp3) is 0.500. The van der Waals surface area contributed by atoms with Crippen LogP contribution in [-0.4, -0.2) is 22.1 Å². The third kappa shape index (κ3) is 3.67. The Labute approximate surface area is 150 Å². The van der Waals surface area contributed by atoms with Gasteiger partial charge in [0.1, 0.15) is 5.82 Å². The average molecular weight is 369 g/mol. The molecule has 0 saturated carbocycles. The lowest BCUT2D eigenvalue weighted by Crippen LogP contribution is -2.24. The molecule has 3 nitrogen and oxygen atoms in total. The Balaban J connectivity index is 1.78. The van der Waals surface area contributed by atoms with E-state index in [0.29, 0.717) is 23.8 Å². The summed E-state index contributed by atoms with van der Waals surface area (Å²) >= 11 is 5.34. The van der Waals surface area contributed by atoms with Gasteiger partial charge in [0.05, 0.1) is 0 Å². The van der Waals surface area contributed by atoms with Gasteiger partial charge in [-0.05, 0) is 50.2 Å². The number of rotatable bonds is 6. The van der Waals surface area contributed by atoms with Gasteiger partial charge in [-0.15, -0.1) is 0 Å². The molecule has 1 aromatic heterocycles. The third-order valence-electron chi connectivity index (χ3n) is 4.66. The van der Waals surface area contributed by atoms with Crippen molar-refractivity contribution < 1.29 is 13.2 Å². The zero-order valence-electron chi connectivity index (χ0n) is 14.3. The summed E-state index contributed by atoms with van der Waals surface area (Å²) in [6.07, 6.45) is 2.21. The summed E-state index contributed by atoms with van der Waals surface area (Å²) in [7, 11) is 0. The molecule has 1 aliphatic rings. The Morgan fingerprint density at radius 1 is 1.28 bits per heavy atom. The predicted octanol–water partition coefficient (Wildman–Crippen LogP) is 4.23. The first kappa shape index (κ1) is 18.2. The molecule has 2 heterocycles. The summed E-state index contributed by atoms with van der Waals surface area (Å²) in [5, 5.41) is 3.36. The zero-order valence-corrected chi connectivity index (χ0v) is 15.2. The number of benzene rings is 1. The Kier molecular flexibility index (Phi) is 5.34. The number of hydrogen-bond donors (Lipinski definition) is 2. The SMILES string of the molecule is CC(C)NCCCc1[nH]c(=S)n2c1CC(c1c(F)ccc(F)c1F)C2. The van der Waals surface area contributed by atoms with E-state index in [-0.39, 0.29) is 5.56 Å². The van der Waals surface area contributed by atoms with E-state index in [9.17, 15) is 13.2 Å². The maximum atomic E-state index is 14.1. The summed E-state index contributed by atoms with van der Waals surface area (Å²) in [5.74, 6) is -3.24. The molecule has 2 aromatic rings. The molecule has 136 valence electrons. The Morgan fingerprint density at radius 3 is 2.72 bits per heavy atom. The molecule has 0 aliphatic carbocycles. The number of halogens is 3. The van der Waals surface area contributed by atoms with Gasteiger partial charge in [0.15, 0.2) is 16.4 Å². The van der Waals surface area contributed by atoms with Crippen LogP contribution in [0.5, 0.6) is 0 Å². The number of aryl methyl sites for hydroxylation is 1. The van der Waals surface area contributed by atoms with Crippen LogP contribution in [0.2, 0.25) is 0 Å². The van der Waals surface area contributed by atoms with E-state index >= 15 is 0 Å². The molecule has 1 unspecified atom stereocenters. The lowest BCUT2D eigenvalue weighted by atomic mass is 9.95. The highest BCUT2D eigenvalue weighted by molar-refractivity contribution is 7.71. The lowest BCUT2D eigenvalue weighted by Gasteiger charge is -2.12. The normalized spacial score (nSPS) is 16.6. The van der Waals surface area contributed by atoms with Gasteiger partial charge in [-0.25, -0.2) is 13.2 Å². The van der Waals surface area contributed by atoms with Crippen molar-refractivity contribution in [2.45, 2.75) is 51.6 Å². The van der Waals surface area contributed by atoms with Crippen molar-refractivity contribution in [3.63, 3.8) is 0 Å². The molecule has 0 spiro atoms. The number of hydrogen-bond acceptors (Lipinski definition) is 2. The van der Waals surface area contributed by atoms with Crippen molar-refractivity contribution in [2.75, 3.05) is 6.54 Å². The highest BCUT2D eigenvalue weighted by atomic mass is 32.1. The molecule has 0 saturated heterocycles. The van der Waals surface area contributed by atoms with E-state index in [0.717, 1.165) is 42.9 Å². The van der Waals surface area contributed by atoms with E-state index in [2.05, 4.69) is 24.1 Å². The lowest BCUT2D eigenvalue weighted by molar-refractivity contribution is 0.459. The molecule has 7 heteroatoms. The van der Waals surface area contributed by atoms with Gasteiger partial charge in [0, 0.05) is 35.5 Å². The summed E-state index contributed by atoms with van der Waals surface area (Å²) in [4.78, 5) is 3.20. The summed E-state index contributed by atoms with van der Waals surface area (Å²) in [5.41, 5.74) is 1.81. The van der Waals surface area contributed by atoms with E-state index in [1.54, 1.807) is 0 Å². The molecular formula is C18H22F3N3S. The minimum absolute atomic E-state index is 0.175. The quantitative estimate of drug-likeness (QED) is 0.454. The van der Waals surface area contributed by atoms with Crippen LogP contribution in [0.1, 0.15) is 43.1 Å². The van der Waals surface area contributed by atoms with Gasteiger partial charge in [0.2, 0.25) is 0 Å². The van der Waals surface area contributed by atoms with E-state index < -0.39 is 23.4 Å². The molecule has 25 heavy (non-hydrogen) atoms. The van der Waals surface area contributed by atoms with E-state index in [1.165, 1.54) is 0 Å². The maximum Gasteiger partial charge on any atom is 0.177 e. The minimum atomic E-state index is -1.09. The van der Waals surface area contributed by atoms with Gasteiger partial charge in [-0.1, -0.05) is 13.8 Å². The number of H-pyrrole nitrogens is 1. The Morgan fingerprint density at radius 2 is 2.00 bits per heavy atom. The molecule has 0 radical (unpaired) electrons. The van der Waals surface area contributed by atoms with Crippen LogP contribution in [0.15, 0.2) is 12.1 Å². The Bertz CT molecular complexity index is 826. The molecule has 0 bridgehead atoms. The fourth-order valence-corrected chi connectivity index (χ4v) is 3.78. The van der Waals surface area contributed by atoms with Crippen LogP contribution in [0.3, 0.4) is 0 Å². The maximum absolute atomic E-state index is 14.1. The van der Waals surface area contributed by atoms with Crippen molar-refractivity contribution in [3.05, 3.63) is 51.3 Å². The van der Waals surface area contributed by atoms with Crippen LogP contribution in [0, 0.1) is 22.2 Å². The van der Waals surface area contributed by atoms with Crippen molar-refractivity contribution in [1.29, 1.82) is 0 Å². The molecule has 0 amide bonds. The van der Waals surface area contributed by atoms with Crippen molar-refractivity contribution in [3.8, 4) is 0 Å². The van der Waals surface area contributed by atoms with Crippen LogP contribution < -0.4 is 5.32 Å². The first-order chi connectivity index (χ1) is 11.9. The zero-order chi connectivity index (χ0) is 18.1. The summed E-state index contributed by atoms with van der Waals surface area (Å²) < 4.78 is 44.1. The topological polar surface area (TPSA) is 32.8 Å². The minimum Gasteiger partial charge on any atom is -0.334 e. The number of aromatic amines is 1. The number of aromatic nitrogens is 2. The van der Waals surface area contributed by atoms with Gasteiger partial charge < -0.3 is 14.9 Å². The van der Waals surface area contributed by atoms with Crippen molar-refractivity contribution in [1.82, 2.24) is 14.9 Å². The molecular weight excluding hydrogens is 347 g/mol. The summed E-state index contributed by atoms with van der Waals surface area (Å²) in [6, 6.07) is 2.24. The summed E-state index contributed by atoms with van der Waals surface area (Å²) in [6.45, 7) is 5.44. The molecule has 0 fully saturated rings. The van der Waals surface area contributed by atoms with Crippen LogP contribution in [0.25, 0.3) is 0 Å². The molecule has 1 atom stereocenters. The van der Waals surface area contributed by atoms with Gasteiger partial charge in [-0.3, -0.25) is 0 Å². The second-order valence-corrected chi connectivity index (χ2v) is 7.22. The largest absolute Gasteiger partial charge is 0.334 e. The first-order valence-electron chi connectivity index (χ1n) is 8.55. The second kappa shape index (κ2) is 7.33. The third-order valence-corrected chi connectivity index (χ3v) is 4.99. The van der Waals surface area contributed by atoms with Gasteiger partial charge >= 0.3 is 0 Å². The number of nitrogens with zero attached hydrogens (tertiary/aromatic N) is 1. The number of nitrogens with one attached hydrogen (secondary N) is 2. The first-order valence-corrected chi connectivity index (χ1v) is 8.96. The van der Waals surface area contributed by atoms with Crippen LogP contribution in [0.4, 0.5) is 13.2 Å². The number of fused-ring (bicyclic) bond motifs is 1. The molecule has 1 aliphatic heterocycles. The van der Waals surface area contributed by atoms with Crippen LogP contribution in [-0.2, 0) is 19.4 Å². The van der Waals surface area contributed by atoms with Crippen molar-refractivity contribution in [2.24, 2.45) is 0 Å². The van der Waals surface area contributed by atoms with E-state index in [1.807, 2.05) is 4.57 Å². The van der Waals surface area contributed by atoms with Gasteiger partial charge in [0.25, 0.3) is 0 Å². The monoisotopic (exact) mass is 369 g/mol. The van der Waals surface area contributed by atoms with Crippen LogP contribution >= 0.6 is 12.2 Å². The standard InChI is InChI=1S/C18H22F3N3S/c1-10(2)22-7-3-4-14-15-8-11(9-24(15)18(25)23-14)16-12(19)5-6-13(20)17(16)21/h5-6,10-11,22H,3-4,7-9H2,1-2H3,(H,23,25).